The predicted molar refractivity (Wildman–Crippen MR) is 97.4 cm³/mol. The van der Waals surface area contributed by atoms with Crippen molar-refractivity contribution < 1.29 is 14.6 Å². The summed E-state index contributed by atoms with van der Waals surface area (Å²) in [4.78, 5) is 0. The highest BCUT2D eigenvalue weighted by molar-refractivity contribution is 4.76. The van der Waals surface area contributed by atoms with Gasteiger partial charge in [-0.25, -0.2) is 5.11 Å². The molecule has 3 atom stereocenters. The average Bonchev–Trinajstić information content (AvgIpc) is 2.57. The lowest BCUT2D eigenvalue weighted by Gasteiger charge is -2.25. The average molecular weight is 330 g/mol. The Morgan fingerprint density at radius 1 is 0.652 bits per heavy atom. The summed E-state index contributed by atoms with van der Waals surface area (Å²) in [6.07, 6.45) is 15.0. The van der Waals surface area contributed by atoms with Crippen LogP contribution in [0.25, 0.3) is 0 Å². The molecule has 0 aliphatic rings. The van der Waals surface area contributed by atoms with Crippen LogP contribution < -0.4 is 0 Å². The van der Waals surface area contributed by atoms with Gasteiger partial charge in [-0.05, 0) is 12.8 Å². The molecule has 0 bridgehead atoms. The summed E-state index contributed by atoms with van der Waals surface area (Å²) in [5.41, 5.74) is 0. The van der Waals surface area contributed by atoms with Gasteiger partial charge in [0.1, 0.15) is 6.10 Å². The van der Waals surface area contributed by atoms with Gasteiger partial charge in [-0.3, -0.25) is 0 Å². The Morgan fingerprint density at radius 3 is 1.48 bits per heavy atom. The summed E-state index contributed by atoms with van der Waals surface area (Å²) in [6.45, 7) is 4.26. The van der Waals surface area contributed by atoms with Gasteiger partial charge in [0.05, 0.1) is 12.2 Å². The number of methoxy groups -OCH3 is 2. The van der Waals surface area contributed by atoms with Crippen LogP contribution in [0.3, 0.4) is 0 Å². The number of rotatable bonds is 17. The van der Waals surface area contributed by atoms with E-state index in [1.165, 1.54) is 64.2 Å². The smallest absolute Gasteiger partial charge is 0.145 e. The molecule has 3 nitrogen and oxygen atoms in total. The first-order chi connectivity index (χ1) is 11.2. The van der Waals surface area contributed by atoms with Crippen LogP contribution in [0.2, 0.25) is 0 Å². The van der Waals surface area contributed by atoms with E-state index in [1.54, 1.807) is 14.2 Å². The minimum absolute atomic E-state index is 0.210. The minimum Gasteiger partial charge on any atom is -0.379 e. The number of hydrogen-bond acceptors (Lipinski definition) is 2. The predicted octanol–water partition coefficient (Wildman–Crippen LogP) is 5.93. The largest absolute Gasteiger partial charge is 0.379 e. The lowest BCUT2D eigenvalue weighted by Crippen LogP contribution is -2.38. The van der Waals surface area contributed by atoms with E-state index in [9.17, 15) is 5.11 Å². The fourth-order valence-electron chi connectivity index (χ4n) is 3.20. The first-order valence-corrected chi connectivity index (χ1v) is 9.92. The third kappa shape index (κ3) is 12.0. The van der Waals surface area contributed by atoms with Crippen molar-refractivity contribution in [3.8, 4) is 0 Å². The van der Waals surface area contributed by atoms with Crippen LogP contribution in [0, 0.1) is 0 Å². The molecule has 139 valence electrons. The Kier molecular flexibility index (Phi) is 16.6. The Morgan fingerprint density at radius 2 is 1.09 bits per heavy atom. The molecule has 0 aromatic rings. The third-order valence-corrected chi connectivity index (χ3v) is 4.83. The molecule has 0 heterocycles. The summed E-state index contributed by atoms with van der Waals surface area (Å²) in [6, 6.07) is 0. The van der Waals surface area contributed by atoms with Crippen molar-refractivity contribution >= 4 is 0 Å². The molecule has 0 aromatic carbocycles. The summed E-state index contributed by atoms with van der Waals surface area (Å²) >= 11 is 0. The maximum atomic E-state index is 12.3. The first-order valence-electron chi connectivity index (χ1n) is 9.92. The van der Waals surface area contributed by atoms with Crippen molar-refractivity contribution in [1.29, 1.82) is 0 Å². The fraction of sp³-hybridized carbons (Fsp3) is 1.00. The van der Waals surface area contributed by atoms with E-state index in [0.717, 1.165) is 19.3 Å². The van der Waals surface area contributed by atoms with Crippen LogP contribution in [-0.4, -0.2) is 32.5 Å². The van der Waals surface area contributed by atoms with Crippen molar-refractivity contribution in [3.05, 3.63) is 0 Å². The van der Waals surface area contributed by atoms with Crippen molar-refractivity contribution in [2.75, 3.05) is 14.2 Å². The second kappa shape index (κ2) is 16.7. The van der Waals surface area contributed by atoms with Gasteiger partial charge >= 0.3 is 0 Å². The molecule has 0 amide bonds. The standard InChI is InChI=1S/C20H41O3/c1-5-7-8-9-10-11-12-13-14-15-16-17-19(23-4)20(21)18(6-2)22-3/h18-20H,5-17H2,1-4H3. The van der Waals surface area contributed by atoms with Crippen LogP contribution in [-0.2, 0) is 14.6 Å². The van der Waals surface area contributed by atoms with Crippen LogP contribution in [0.5, 0.6) is 0 Å². The molecular formula is C20H41O3. The topological polar surface area (TPSA) is 38.4 Å². The number of ether oxygens (including phenoxy) is 2. The molecule has 0 saturated heterocycles. The maximum absolute atomic E-state index is 12.3. The molecule has 0 spiro atoms. The molecule has 3 unspecified atom stereocenters. The molecular weight excluding hydrogens is 288 g/mol. The summed E-state index contributed by atoms with van der Waals surface area (Å²) in [5, 5.41) is 12.3. The summed E-state index contributed by atoms with van der Waals surface area (Å²) < 4.78 is 10.7. The normalized spacial score (nSPS) is 15.5. The number of hydrogen-bond donors (Lipinski definition) is 0. The Hall–Kier alpha value is -0.120. The van der Waals surface area contributed by atoms with E-state index in [2.05, 4.69) is 6.92 Å². The molecule has 3 heteroatoms. The second-order valence-corrected chi connectivity index (χ2v) is 6.75. The van der Waals surface area contributed by atoms with Gasteiger partial charge < -0.3 is 9.47 Å². The van der Waals surface area contributed by atoms with Gasteiger partial charge in [0.25, 0.3) is 0 Å². The molecule has 0 rings (SSSR count). The van der Waals surface area contributed by atoms with Gasteiger partial charge in [0.2, 0.25) is 0 Å². The number of unbranched alkanes of at least 4 members (excludes halogenated alkanes) is 10. The monoisotopic (exact) mass is 329 g/mol. The van der Waals surface area contributed by atoms with Crippen LogP contribution in [0.1, 0.15) is 97.3 Å². The molecule has 23 heavy (non-hydrogen) atoms. The molecule has 0 aliphatic carbocycles. The Labute approximate surface area is 145 Å². The van der Waals surface area contributed by atoms with Gasteiger partial charge in [-0.15, -0.1) is 0 Å². The highest BCUT2D eigenvalue weighted by atomic mass is 16.5. The van der Waals surface area contributed by atoms with Crippen molar-refractivity contribution in [3.63, 3.8) is 0 Å². The lowest BCUT2D eigenvalue weighted by atomic mass is 9.99. The highest BCUT2D eigenvalue weighted by Crippen LogP contribution is 2.18. The van der Waals surface area contributed by atoms with Gasteiger partial charge in [0, 0.05) is 14.2 Å². The van der Waals surface area contributed by atoms with Crippen molar-refractivity contribution in [2.24, 2.45) is 0 Å². The zero-order valence-electron chi connectivity index (χ0n) is 16.1. The van der Waals surface area contributed by atoms with E-state index in [0.29, 0.717) is 0 Å². The minimum atomic E-state index is -0.766. The van der Waals surface area contributed by atoms with E-state index in [1.807, 2.05) is 6.92 Å². The SMILES string of the molecule is CCCCCCCCCCCCCC(OC)C([O])C(CC)OC. The molecule has 1 radical (unpaired) electrons. The Balaban J connectivity index is 3.54. The van der Waals surface area contributed by atoms with E-state index >= 15 is 0 Å². The first kappa shape index (κ1) is 22.9. The van der Waals surface area contributed by atoms with Gasteiger partial charge in [0.15, 0.2) is 0 Å². The summed E-state index contributed by atoms with van der Waals surface area (Å²) in [5.74, 6) is 0. The van der Waals surface area contributed by atoms with E-state index in [4.69, 9.17) is 9.47 Å². The molecule has 0 N–H and O–H groups in total. The molecule has 0 aliphatic heterocycles. The second-order valence-electron chi connectivity index (χ2n) is 6.75. The molecule has 0 fully saturated rings. The lowest BCUT2D eigenvalue weighted by molar-refractivity contribution is -0.122. The molecule has 0 aromatic heterocycles. The van der Waals surface area contributed by atoms with E-state index in [-0.39, 0.29) is 12.2 Å². The van der Waals surface area contributed by atoms with Crippen molar-refractivity contribution in [1.82, 2.24) is 0 Å². The van der Waals surface area contributed by atoms with E-state index < -0.39 is 6.10 Å². The fourth-order valence-corrected chi connectivity index (χ4v) is 3.20. The van der Waals surface area contributed by atoms with Crippen LogP contribution >= 0.6 is 0 Å². The third-order valence-electron chi connectivity index (χ3n) is 4.83. The van der Waals surface area contributed by atoms with Crippen LogP contribution in [0.4, 0.5) is 0 Å². The Bertz CT molecular complexity index is 229. The summed E-state index contributed by atoms with van der Waals surface area (Å²) in [7, 11) is 3.27. The zero-order chi connectivity index (χ0) is 17.3. The maximum Gasteiger partial charge on any atom is 0.145 e. The zero-order valence-corrected chi connectivity index (χ0v) is 16.1. The van der Waals surface area contributed by atoms with Crippen molar-refractivity contribution in [2.45, 2.75) is 116 Å². The van der Waals surface area contributed by atoms with Gasteiger partial charge in [-0.2, -0.15) is 0 Å². The van der Waals surface area contributed by atoms with Crippen LogP contribution in [0.15, 0.2) is 0 Å². The highest BCUT2D eigenvalue weighted by Gasteiger charge is 2.27. The molecule has 0 saturated carbocycles. The quantitative estimate of drug-likeness (QED) is 0.310. The van der Waals surface area contributed by atoms with Gasteiger partial charge in [-0.1, -0.05) is 84.5 Å².